The summed E-state index contributed by atoms with van der Waals surface area (Å²) in [6, 6.07) is 9.26. The summed E-state index contributed by atoms with van der Waals surface area (Å²) in [7, 11) is 0. The van der Waals surface area contributed by atoms with Gasteiger partial charge in [0.05, 0.1) is 24.9 Å². The molecule has 4 N–H and O–H groups in total. The van der Waals surface area contributed by atoms with Crippen molar-refractivity contribution >= 4 is 29.8 Å². The first-order valence-electron chi connectivity index (χ1n) is 17.6. The summed E-state index contributed by atoms with van der Waals surface area (Å²) in [6.07, 6.45) is -0.593. The molecule has 5 rings (SSSR count). The Bertz CT molecular complexity index is 1920. The number of aliphatic carboxylic acids is 1. The number of alkyl carbamates (subject to hydrolysis) is 1. The number of nitrogens with zero attached hydrogens (tertiary/aromatic N) is 4. The summed E-state index contributed by atoms with van der Waals surface area (Å²) < 4.78 is 51.9. The van der Waals surface area contributed by atoms with Crippen molar-refractivity contribution in [1.82, 2.24) is 30.0 Å². The Morgan fingerprint density at radius 2 is 1.78 bits per heavy atom. The number of carbonyl (C=O) groups excluding carboxylic acids is 4. The van der Waals surface area contributed by atoms with Gasteiger partial charge in [0.2, 0.25) is 0 Å². The van der Waals surface area contributed by atoms with Gasteiger partial charge in [0.25, 0.3) is 17.7 Å². The number of rotatable bonds is 16. The van der Waals surface area contributed by atoms with E-state index in [1.807, 2.05) is 30.3 Å². The lowest BCUT2D eigenvalue weighted by Gasteiger charge is -2.43. The van der Waals surface area contributed by atoms with E-state index in [-0.39, 0.29) is 56.3 Å². The number of nitrogens with one attached hydrogen (secondary N) is 2. The van der Waals surface area contributed by atoms with E-state index in [4.69, 9.17) is 9.72 Å². The van der Waals surface area contributed by atoms with Gasteiger partial charge in [-0.3, -0.25) is 19.3 Å². The molecule has 2 aliphatic heterocycles. The number of aliphatic hydroxyl groups is 1. The molecule has 4 amide bonds. The fourth-order valence-electron chi connectivity index (χ4n) is 6.69. The molecule has 1 saturated heterocycles. The van der Waals surface area contributed by atoms with E-state index >= 15 is 8.78 Å². The third-order valence-corrected chi connectivity index (χ3v) is 9.67. The topological polar surface area (TPSA) is 183 Å². The monoisotopic (exact) mass is 768 g/mol. The molecular formula is C38H43F3N6O8. The highest BCUT2D eigenvalue weighted by Gasteiger charge is 2.44. The van der Waals surface area contributed by atoms with Gasteiger partial charge in [-0.05, 0) is 42.5 Å². The fourth-order valence-corrected chi connectivity index (χ4v) is 6.69. The molecular weight excluding hydrogens is 725 g/mol. The Morgan fingerprint density at radius 3 is 2.40 bits per heavy atom. The van der Waals surface area contributed by atoms with E-state index < -0.39 is 83.7 Å². The van der Waals surface area contributed by atoms with Crippen LogP contribution >= 0.6 is 0 Å². The Labute approximate surface area is 315 Å². The van der Waals surface area contributed by atoms with Crippen molar-refractivity contribution in [2.45, 2.75) is 58.1 Å². The number of aromatic nitrogens is 2. The van der Waals surface area contributed by atoms with Crippen molar-refractivity contribution < 1.29 is 52.1 Å². The van der Waals surface area contributed by atoms with E-state index in [0.717, 1.165) is 35.9 Å². The second-order valence-corrected chi connectivity index (χ2v) is 14.3. The first-order chi connectivity index (χ1) is 26.0. The van der Waals surface area contributed by atoms with Crippen LogP contribution in [0.3, 0.4) is 0 Å². The Balaban J connectivity index is 1.51. The predicted molar refractivity (Wildman–Crippen MR) is 191 cm³/mol. The molecule has 294 valence electrons. The van der Waals surface area contributed by atoms with E-state index in [9.17, 15) is 38.6 Å². The molecule has 3 aromatic rings. The minimum absolute atomic E-state index is 0.0245. The summed E-state index contributed by atoms with van der Waals surface area (Å²) in [6.45, 7) is 3.99. The van der Waals surface area contributed by atoms with Gasteiger partial charge in [-0.15, -0.1) is 0 Å². The van der Waals surface area contributed by atoms with Crippen molar-refractivity contribution in [1.29, 1.82) is 0 Å². The molecule has 0 bridgehead atoms. The normalized spacial score (nSPS) is 18.6. The van der Waals surface area contributed by atoms with Crippen LogP contribution < -0.4 is 10.6 Å². The van der Waals surface area contributed by atoms with Crippen LogP contribution in [0.25, 0.3) is 11.3 Å². The molecule has 17 heteroatoms. The largest absolute Gasteiger partial charge is 0.480 e. The molecule has 55 heavy (non-hydrogen) atoms. The van der Waals surface area contributed by atoms with Gasteiger partial charge in [-0.25, -0.2) is 27.7 Å². The number of hydrogen-bond acceptors (Lipinski definition) is 9. The lowest BCUT2D eigenvalue weighted by atomic mass is 9.79. The van der Waals surface area contributed by atoms with Crippen LogP contribution in [0.1, 0.15) is 44.6 Å². The summed E-state index contributed by atoms with van der Waals surface area (Å²) >= 11 is 0. The van der Waals surface area contributed by atoms with Crippen LogP contribution in [0.5, 0.6) is 0 Å². The van der Waals surface area contributed by atoms with E-state index in [2.05, 4.69) is 10.6 Å². The van der Waals surface area contributed by atoms with Crippen LogP contribution in [0.4, 0.5) is 18.0 Å². The summed E-state index contributed by atoms with van der Waals surface area (Å²) in [5.74, 6) is -5.72. The lowest BCUT2D eigenvalue weighted by molar-refractivity contribution is -0.146. The second kappa shape index (κ2) is 17.3. The van der Waals surface area contributed by atoms with E-state index in [1.54, 1.807) is 18.4 Å². The predicted octanol–water partition coefficient (Wildman–Crippen LogP) is 3.21. The molecule has 0 unspecified atom stereocenters. The molecule has 14 nitrogen and oxygen atoms in total. The average molecular weight is 769 g/mol. The molecule has 0 spiro atoms. The second-order valence-electron chi connectivity index (χ2n) is 14.3. The smallest absolute Gasteiger partial charge is 0.407 e. The van der Waals surface area contributed by atoms with Gasteiger partial charge in [-0.1, -0.05) is 44.2 Å². The zero-order chi connectivity index (χ0) is 40.0. The fraction of sp³-hybridized carbons (Fsp3) is 0.421. The van der Waals surface area contributed by atoms with Gasteiger partial charge in [0, 0.05) is 56.0 Å². The number of benzene rings is 2. The van der Waals surface area contributed by atoms with E-state index in [1.165, 1.54) is 18.0 Å². The molecule has 2 aromatic carbocycles. The van der Waals surface area contributed by atoms with Crippen molar-refractivity contribution in [2.24, 2.45) is 11.3 Å². The van der Waals surface area contributed by atoms with Crippen LogP contribution in [0.2, 0.25) is 0 Å². The van der Waals surface area contributed by atoms with Crippen LogP contribution in [-0.2, 0) is 30.5 Å². The first kappa shape index (κ1) is 40.6. The highest BCUT2D eigenvalue weighted by Crippen LogP contribution is 2.43. The third kappa shape index (κ3) is 9.77. The van der Waals surface area contributed by atoms with Crippen LogP contribution in [0, 0.1) is 23.0 Å². The summed E-state index contributed by atoms with van der Waals surface area (Å²) in [5, 5.41) is 25.4. The van der Waals surface area contributed by atoms with Gasteiger partial charge in [0.1, 0.15) is 35.8 Å². The highest BCUT2D eigenvalue weighted by atomic mass is 19.1. The maximum Gasteiger partial charge on any atom is 0.407 e. The number of alkyl halides is 1. The Hall–Kier alpha value is -5.55. The quantitative estimate of drug-likeness (QED) is 0.158. The number of amides is 4. The van der Waals surface area contributed by atoms with Crippen molar-refractivity contribution in [3.05, 3.63) is 89.9 Å². The van der Waals surface area contributed by atoms with Crippen molar-refractivity contribution in [3.63, 3.8) is 0 Å². The molecule has 0 aliphatic carbocycles. The number of carboxylic acid groups (broad SMARTS) is 1. The van der Waals surface area contributed by atoms with Crippen LogP contribution in [0.15, 0.2) is 66.9 Å². The minimum Gasteiger partial charge on any atom is -0.480 e. The number of imide groups is 1. The third-order valence-electron chi connectivity index (χ3n) is 9.67. The Morgan fingerprint density at radius 1 is 1.09 bits per heavy atom. The molecule has 1 fully saturated rings. The molecule has 2 aliphatic rings. The van der Waals surface area contributed by atoms with Crippen molar-refractivity contribution in [2.75, 3.05) is 32.8 Å². The lowest BCUT2D eigenvalue weighted by Crippen LogP contribution is -2.51. The molecule has 1 aromatic heterocycles. The number of ether oxygens (including phenoxy) is 1. The number of halogens is 3. The maximum atomic E-state index is 15.2. The zero-order valence-electron chi connectivity index (χ0n) is 30.5. The summed E-state index contributed by atoms with van der Waals surface area (Å²) in [4.78, 5) is 69.5. The molecule has 5 atom stereocenters. The van der Waals surface area contributed by atoms with E-state index in [0.29, 0.717) is 4.90 Å². The van der Waals surface area contributed by atoms with Gasteiger partial charge in [-0.2, -0.15) is 0 Å². The average Bonchev–Trinajstić information content (AvgIpc) is 3.82. The molecule has 0 radical (unpaired) electrons. The number of carbonyl (C=O) groups is 5. The highest BCUT2D eigenvalue weighted by molar-refractivity contribution is 6.13. The maximum absolute atomic E-state index is 15.2. The number of hydrogen-bond donors (Lipinski definition) is 4. The Kier molecular flexibility index (Phi) is 12.8. The molecule has 0 saturated carbocycles. The zero-order valence-corrected chi connectivity index (χ0v) is 30.5. The molecule has 3 heterocycles. The first-order valence-corrected chi connectivity index (χ1v) is 17.6. The minimum atomic E-state index is -1.69. The van der Waals surface area contributed by atoms with Gasteiger partial charge in [0.15, 0.2) is 0 Å². The van der Waals surface area contributed by atoms with Crippen molar-refractivity contribution in [3.8, 4) is 11.3 Å². The number of imidazole rings is 1. The van der Waals surface area contributed by atoms with Crippen LogP contribution in [-0.4, -0.2) is 110 Å². The standard InChI is InChI=1S/C38H43F3N6O8/c1-22(48)35(51)47(19-24-16-42-17-28(24)41)33(38(2,3)13-14-55-37(54)44-30(36(52)53)21-46-31(49)11-12-32(46)50)34-43-29(26-15-25(39)9-10-27(26)40)20-45(34)18-23-7-5-4-6-8-23/h4-12,15,20,22,24,28,30,33,42,48H,13-14,16-19,21H2,1-3H3,(H,44,54)(H,52,53)/t22-,24-,28-,30-,33-/m0/s1. The summed E-state index contributed by atoms with van der Waals surface area (Å²) in [5.41, 5.74) is -0.447. The van der Waals surface area contributed by atoms with Gasteiger partial charge < -0.3 is 35.1 Å². The number of aliphatic hydroxyl groups excluding tert-OH is 1. The SMILES string of the molecule is C[C@H](O)C(=O)N(C[C@@H]1CNC[C@@H]1F)[C@@H](c1nc(-c2cc(F)ccc2F)cn1Cc1ccccc1)C(C)(C)CCOC(=O)N[C@@H](CN1C(=O)C=CC1=O)C(=O)O. The number of carboxylic acids is 1. The van der Waals surface area contributed by atoms with Gasteiger partial charge >= 0.3 is 12.1 Å².